The minimum Gasteiger partial charge on any atom is -0.353 e. The average Bonchev–Trinajstić information content (AvgIpc) is 2.82. The van der Waals surface area contributed by atoms with E-state index in [1.54, 1.807) is 0 Å². The summed E-state index contributed by atoms with van der Waals surface area (Å²) >= 11 is 0. The molecule has 1 aromatic carbocycles. The topological polar surface area (TPSA) is 4.93 Å². The summed E-state index contributed by atoms with van der Waals surface area (Å²) in [6.07, 6.45) is 7.12. The Morgan fingerprint density at radius 1 is 1.06 bits per heavy atom. The summed E-state index contributed by atoms with van der Waals surface area (Å²) in [6.45, 7) is 7.91. The maximum Gasteiger partial charge on any atom is 0.0219 e. The Morgan fingerprint density at radius 3 is 2.39 bits per heavy atom. The van der Waals surface area contributed by atoms with E-state index in [0.29, 0.717) is 5.92 Å². The standard InChI is InChI=1S/C17H23N/c1-4-5-11-18-12-16(14(2)3)17(13-18)15-9-7-6-8-10-15/h6-10,12-14H,4-5,11H2,1-3H3. The first-order chi connectivity index (χ1) is 8.72. The molecule has 18 heavy (non-hydrogen) atoms. The number of hydrogen-bond donors (Lipinski definition) is 0. The van der Waals surface area contributed by atoms with Gasteiger partial charge in [0.1, 0.15) is 0 Å². The molecule has 0 aliphatic carbocycles. The largest absolute Gasteiger partial charge is 0.353 e. The Bertz CT molecular complexity index is 480. The van der Waals surface area contributed by atoms with Gasteiger partial charge in [0, 0.05) is 24.5 Å². The second-order valence-corrected chi connectivity index (χ2v) is 5.24. The van der Waals surface area contributed by atoms with Crippen LogP contribution in [0.5, 0.6) is 0 Å². The third kappa shape index (κ3) is 2.84. The SMILES string of the molecule is CCCCn1cc(-c2ccccc2)c(C(C)C)c1. The Hall–Kier alpha value is -1.50. The lowest BCUT2D eigenvalue weighted by Gasteiger charge is -2.06. The predicted octanol–water partition coefficient (Wildman–Crippen LogP) is 5.08. The first-order valence-corrected chi connectivity index (χ1v) is 6.97. The molecule has 0 fully saturated rings. The van der Waals surface area contributed by atoms with Gasteiger partial charge in [-0.05, 0) is 23.5 Å². The van der Waals surface area contributed by atoms with Crippen LogP contribution in [0.3, 0.4) is 0 Å². The van der Waals surface area contributed by atoms with Crippen molar-refractivity contribution in [3.8, 4) is 11.1 Å². The van der Waals surface area contributed by atoms with E-state index >= 15 is 0 Å². The first kappa shape index (κ1) is 12.9. The number of rotatable bonds is 5. The monoisotopic (exact) mass is 241 g/mol. The smallest absolute Gasteiger partial charge is 0.0219 e. The van der Waals surface area contributed by atoms with Crippen molar-refractivity contribution in [2.45, 2.75) is 46.1 Å². The van der Waals surface area contributed by atoms with Crippen molar-refractivity contribution >= 4 is 0 Å². The van der Waals surface area contributed by atoms with Gasteiger partial charge >= 0.3 is 0 Å². The van der Waals surface area contributed by atoms with Crippen molar-refractivity contribution in [2.75, 3.05) is 0 Å². The zero-order chi connectivity index (χ0) is 13.0. The van der Waals surface area contributed by atoms with Gasteiger partial charge in [0.25, 0.3) is 0 Å². The van der Waals surface area contributed by atoms with E-state index in [2.05, 4.69) is 68.1 Å². The van der Waals surface area contributed by atoms with Gasteiger partial charge in [-0.15, -0.1) is 0 Å². The van der Waals surface area contributed by atoms with Crippen LogP contribution in [0, 0.1) is 0 Å². The summed E-state index contributed by atoms with van der Waals surface area (Å²) in [5.74, 6) is 0.572. The van der Waals surface area contributed by atoms with Crippen LogP contribution in [-0.4, -0.2) is 4.57 Å². The minimum absolute atomic E-state index is 0.572. The second-order valence-electron chi connectivity index (χ2n) is 5.24. The molecule has 0 amide bonds. The van der Waals surface area contributed by atoms with E-state index in [0.717, 1.165) is 6.54 Å². The molecule has 0 aliphatic heterocycles. The molecule has 1 nitrogen and oxygen atoms in total. The van der Waals surface area contributed by atoms with Gasteiger partial charge in [0.2, 0.25) is 0 Å². The lowest BCUT2D eigenvalue weighted by Crippen LogP contribution is -1.93. The number of aromatic nitrogens is 1. The van der Waals surface area contributed by atoms with E-state index in [9.17, 15) is 0 Å². The van der Waals surface area contributed by atoms with Gasteiger partial charge in [-0.3, -0.25) is 0 Å². The third-order valence-electron chi connectivity index (χ3n) is 3.39. The molecule has 1 heteroatoms. The summed E-state index contributed by atoms with van der Waals surface area (Å²) in [4.78, 5) is 0. The fourth-order valence-corrected chi connectivity index (χ4v) is 2.31. The van der Waals surface area contributed by atoms with Gasteiger partial charge in [-0.2, -0.15) is 0 Å². The summed E-state index contributed by atoms with van der Waals surface area (Å²) in [5.41, 5.74) is 4.18. The van der Waals surface area contributed by atoms with Crippen molar-refractivity contribution in [3.05, 3.63) is 48.3 Å². The van der Waals surface area contributed by atoms with E-state index in [1.807, 2.05) is 0 Å². The molecule has 2 aromatic rings. The predicted molar refractivity (Wildman–Crippen MR) is 78.9 cm³/mol. The van der Waals surface area contributed by atoms with Crippen molar-refractivity contribution in [1.82, 2.24) is 4.57 Å². The van der Waals surface area contributed by atoms with Crippen molar-refractivity contribution in [1.29, 1.82) is 0 Å². The molecule has 0 N–H and O–H groups in total. The summed E-state index contributed by atoms with van der Waals surface area (Å²) < 4.78 is 2.35. The molecule has 0 unspecified atom stereocenters. The van der Waals surface area contributed by atoms with Crippen molar-refractivity contribution < 1.29 is 0 Å². The Morgan fingerprint density at radius 2 is 1.78 bits per heavy atom. The number of hydrogen-bond acceptors (Lipinski definition) is 0. The highest BCUT2D eigenvalue weighted by Gasteiger charge is 2.11. The fraction of sp³-hybridized carbons (Fsp3) is 0.412. The maximum absolute atomic E-state index is 2.35. The first-order valence-electron chi connectivity index (χ1n) is 6.97. The van der Waals surface area contributed by atoms with Crippen LogP contribution >= 0.6 is 0 Å². The molecule has 96 valence electrons. The van der Waals surface area contributed by atoms with E-state index in [4.69, 9.17) is 0 Å². The molecule has 0 saturated carbocycles. The minimum atomic E-state index is 0.572. The quantitative estimate of drug-likeness (QED) is 0.688. The van der Waals surface area contributed by atoms with Crippen LogP contribution in [0.4, 0.5) is 0 Å². The molecule has 0 aliphatic rings. The molecular weight excluding hydrogens is 218 g/mol. The fourth-order valence-electron chi connectivity index (χ4n) is 2.31. The van der Waals surface area contributed by atoms with Crippen LogP contribution < -0.4 is 0 Å². The van der Waals surface area contributed by atoms with Crippen LogP contribution in [-0.2, 0) is 6.54 Å². The Kier molecular flexibility index (Phi) is 4.24. The van der Waals surface area contributed by atoms with E-state index in [1.165, 1.54) is 29.5 Å². The van der Waals surface area contributed by atoms with Crippen LogP contribution in [0.2, 0.25) is 0 Å². The van der Waals surface area contributed by atoms with Crippen molar-refractivity contribution in [2.24, 2.45) is 0 Å². The highest BCUT2D eigenvalue weighted by molar-refractivity contribution is 5.67. The molecule has 0 radical (unpaired) electrons. The summed E-state index contributed by atoms with van der Waals surface area (Å²) in [5, 5.41) is 0. The maximum atomic E-state index is 2.35. The van der Waals surface area contributed by atoms with Crippen LogP contribution in [0.15, 0.2) is 42.7 Å². The Labute approximate surface area is 110 Å². The van der Waals surface area contributed by atoms with Gasteiger partial charge in [0.05, 0.1) is 0 Å². The highest BCUT2D eigenvalue weighted by Crippen LogP contribution is 2.30. The van der Waals surface area contributed by atoms with Gasteiger partial charge < -0.3 is 4.57 Å². The van der Waals surface area contributed by atoms with Gasteiger partial charge in [0.15, 0.2) is 0 Å². The number of aryl methyl sites for hydroxylation is 1. The van der Waals surface area contributed by atoms with Gasteiger partial charge in [-0.1, -0.05) is 57.5 Å². The zero-order valence-electron chi connectivity index (χ0n) is 11.7. The molecular formula is C17H23N. The molecule has 0 spiro atoms. The van der Waals surface area contributed by atoms with Crippen LogP contribution in [0.25, 0.3) is 11.1 Å². The lowest BCUT2D eigenvalue weighted by atomic mass is 9.97. The third-order valence-corrected chi connectivity index (χ3v) is 3.39. The number of benzene rings is 1. The normalized spacial score (nSPS) is 11.1. The van der Waals surface area contributed by atoms with E-state index in [-0.39, 0.29) is 0 Å². The second kappa shape index (κ2) is 5.90. The molecule has 1 aromatic heterocycles. The lowest BCUT2D eigenvalue weighted by molar-refractivity contribution is 0.632. The van der Waals surface area contributed by atoms with Gasteiger partial charge in [-0.25, -0.2) is 0 Å². The highest BCUT2D eigenvalue weighted by atomic mass is 14.9. The van der Waals surface area contributed by atoms with E-state index < -0.39 is 0 Å². The van der Waals surface area contributed by atoms with Crippen LogP contribution in [0.1, 0.15) is 45.1 Å². The molecule has 0 bridgehead atoms. The average molecular weight is 241 g/mol. The molecule has 0 atom stereocenters. The number of unbranched alkanes of at least 4 members (excludes halogenated alkanes) is 1. The summed E-state index contributed by atoms with van der Waals surface area (Å²) in [7, 11) is 0. The Balaban J connectivity index is 2.36. The number of nitrogens with zero attached hydrogens (tertiary/aromatic N) is 1. The summed E-state index contributed by atoms with van der Waals surface area (Å²) in [6, 6.07) is 10.7. The zero-order valence-corrected chi connectivity index (χ0v) is 11.7. The molecule has 1 heterocycles. The molecule has 0 saturated heterocycles. The molecule has 2 rings (SSSR count). The van der Waals surface area contributed by atoms with Crippen molar-refractivity contribution in [3.63, 3.8) is 0 Å².